The van der Waals surface area contributed by atoms with Gasteiger partial charge in [0.05, 0.1) is 0 Å². The van der Waals surface area contributed by atoms with E-state index in [9.17, 15) is 19.5 Å². The monoisotopic (exact) mass is 529 g/mol. The third kappa shape index (κ3) is 7.03. The van der Waals surface area contributed by atoms with Crippen molar-refractivity contribution in [3.05, 3.63) is 95.6 Å². The average Bonchev–Trinajstić information content (AvgIpc) is 3.25. The Morgan fingerprint density at radius 2 is 1.46 bits per heavy atom. The average molecular weight is 530 g/mol. The number of benzene rings is 3. The van der Waals surface area contributed by atoms with Gasteiger partial charge in [0.2, 0.25) is 5.91 Å². The quantitative estimate of drug-likeness (QED) is 0.321. The Kier molecular flexibility index (Phi) is 9.33. The number of likely N-dealkylation sites (N-methyl/N-ethyl adjacent to an activating group) is 1. The Morgan fingerprint density at radius 3 is 2.05 bits per heavy atom. The van der Waals surface area contributed by atoms with Crippen molar-refractivity contribution >= 4 is 18.0 Å². The van der Waals surface area contributed by atoms with Gasteiger partial charge in [-0.2, -0.15) is 0 Å². The number of carbonyl (C=O) groups excluding carboxylic acids is 2. The van der Waals surface area contributed by atoms with Crippen LogP contribution in [0.5, 0.6) is 0 Å². The summed E-state index contributed by atoms with van der Waals surface area (Å²) in [6, 6.07) is 23.8. The minimum atomic E-state index is -1.11. The summed E-state index contributed by atoms with van der Waals surface area (Å²) in [5, 5.41) is 14.8. The molecule has 0 saturated carbocycles. The molecule has 0 radical (unpaired) electrons. The van der Waals surface area contributed by atoms with E-state index in [1.807, 2.05) is 85.6 Å². The zero-order valence-corrected chi connectivity index (χ0v) is 22.3. The number of nitrogens with zero attached hydrogens (tertiary/aromatic N) is 1. The van der Waals surface area contributed by atoms with Gasteiger partial charge < -0.3 is 20.5 Å². The van der Waals surface area contributed by atoms with Crippen molar-refractivity contribution in [3.63, 3.8) is 0 Å². The lowest BCUT2D eigenvalue weighted by molar-refractivity contribution is -0.142. The molecular formula is C31H35N3O5. The molecule has 8 heteroatoms. The highest BCUT2D eigenvalue weighted by atomic mass is 16.5. The Hall–Kier alpha value is -4.17. The van der Waals surface area contributed by atoms with E-state index in [1.54, 1.807) is 0 Å². The highest BCUT2D eigenvalue weighted by Gasteiger charge is 2.31. The number of carboxylic acid groups (broad SMARTS) is 1. The minimum absolute atomic E-state index is 0.113. The van der Waals surface area contributed by atoms with Crippen LogP contribution in [0.25, 0.3) is 11.1 Å². The maximum Gasteiger partial charge on any atom is 0.407 e. The normalized spacial score (nSPS) is 13.7. The van der Waals surface area contributed by atoms with E-state index in [-0.39, 0.29) is 19.1 Å². The van der Waals surface area contributed by atoms with Crippen LogP contribution in [0.2, 0.25) is 0 Å². The summed E-state index contributed by atoms with van der Waals surface area (Å²) in [5.74, 6) is -1.79. The first-order valence-electron chi connectivity index (χ1n) is 13.2. The summed E-state index contributed by atoms with van der Waals surface area (Å²) >= 11 is 0. The topological polar surface area (TPSA) is 108 Å². The number of alkyl carbamates (subject to hydrolysis) is 1. The number of amides is 2. The molecule has 1 unspecified atom stereocenters. The molecule has 0 aliphatic heterocycles. The van der Waals surface area contributed by atoms with Crippen LogP contribution in [0.3, 0.4) is 0 Å². The van der Waals surface area contributed by atoms with Crippen LogP contribution >= 0.6 is 0 Å². The number of rotatable bonds is 12. The molecule has 39 heavy (non-hydrogen) atoms. The van der Waals surface area contributed by atoms with E-state index in [0.29, 0.717) is 19.4 Å². The highest BCUT2D eigenvalue weighted by molar-refractivity contribution is 5.89. The van der Waals surface area contributed by atoms with Gasteiger partial charge >= 0.3 is 12.1 Å². The van der Waals surface area contributed by atoms with E-state index < -0.39 is 30.1 Å². The molecule has 3 aromatic rings. The maximum absolute atomic E-state index is 13.2. The van der Waals surface area contributed by atoms with Gasteiger partial charge in [-0.05, 0) is 41.3 Å². The van der Waals surface area contributed by atoms with Gasteiger partial charge in [0, 0.05) is 19.0 Å². The molecule has 0 fully saturated rings. The van der Waals surface area contributed by atoms with E-state index in [0.717, 1.165) is 27.8 Å². The van der Waals surface area contributed by atoms with Crippen LogP contribution in [0.4, 0.5) is 4.79 Å². The third-order valence-corrected chi connectivity index (χ3v) is 6.93. The predicted octanol–water partition coefficient (Wildman–Crippen LogP) is 4.40. The fourth-order valence-electron chi connectivity index (χ4n) is 5.07. The van der Waals surface area contributed by atoms with Gasteiger partial charge in [-0.3, -0.25) is 9.69 Å². The number of hydrogen-bond donors (Lipinski definition) is 3. The fourth-order valence-corrected chi connectivity index (χ4v) is 5.07. The SMILES string of the molecule is CCC[C@@H](NC(=O)C(CN(C)Cc1ccccc1)NC(=O)OCC1c2ccccc2-c2ccccc21)C(=O)O. The molecule has 2 amide bonds. The van der Waals surface area contributed by atoms with Crippen LogP contribution in [0, 0.1) is 0 Å². The molecule has 0 spiro atoms. The molecule has 1 aliphatic rings. The molecule has 3 aromatic carbocycles. The van der Waals surface area contributed by atoms with Crippen LogP contribution in [0.1, 0.15) is 42.4 Å². The first-order valence-corrected chi connectivity index (χ1v) is 13.2. The van der Waals surface area contributed by atoms with Gasteiger partial charge in [0.1, 0.15) is 18.7 Å². The Balaban J connectivity index is 1.44. The molecule has 0 saturated heterocycles. The Labute approximate surface area is 229 Å². The largest absolute Gasteiger partial charge is 0.480 e. The van der Waals surface area contributed by atoms with Gasteiger partial charge in [0.15, 0.2) is 0 Å². The Bertz CT molecular complexity index is 1250. The first kappa shape index (κ1) is 27.9. The first-order chi connectivity index (χ1) is 18.9. The molecule has 1 aliphatic carbocycles. The molecule has 4 rings (SSSR count). The van der Waals surface area contributed by atoms with Gasteiger partial charge in [-0.15, -0.1) is 0 Å². The van der Waals surface area contributed by atoms with E-state index in [1.165, 1.54) is 0 Å². The number of hydrogen-bond acceptors (Lipinski definition) is 5. The van der Waals surface area contributed by atoms with Crippen molar-refractivity contribution in [1.29, 1.82) is 0 Å². The molecule has 0 aromatic heterocycles. The summed E-state index contributed by atoms with van der Waals surface area (Å²) in [6.07, 6.45) is 0.154. The second-order valence-corrected chi connectivity index (χ2v) is 9.89. The number of carbonyl (C=O) groups is 3. The lowest BCUT2D eigenvalue weighted by atomic mass is 9.98. The number of aliphatic carboxylic acids is 1. The number of carboxylic acids is 1. The summed E-state index contributed by atoms with van der Waals surface area (Å²) in [5.41, 5.74) is 5.48. The molecule has 0 heterocycles. The molecule has 3 N–H and O–H groups in total. The second kappa shape index (κ2) is 13.1. The lowest BCUT2D eigenvalue weighted by Gasteiger charge is -2.26. The molecule has 204 valence electrons. The maximum atomic E-state index is 13.2. The van der Waals surface area contributed by atoms with Crippen molar-refractivity contribution in [2.75, 3.05) is 20.2 Å². The van der Waals surface area contributed by atoms with Gasteiger partial charge in [-0.1, -0.05) is 92.2 Å². The molecule has 2 atom stereocenters. The zero-order chi connectivity index (χ0) is 27.8. The number of nitrogens with one attached hydrogen (secondary N) is 2. The zero-order valence-electron chi connectivity index (χ0n) is 22.3. The Morgan fingerprint density at radius 1 is 0.872 bits per heavy atom. The fraction of sp³-hybridized carbons (Fsp3) is 0.323. The predicted molar refractivity (Wildman–Crippen MR) is 149 cm³/mol. The summed E-state index contributed by atoms with van der Waals surface area (Å²) in [7, 11) is 1.84. The van der Waals surface area contributed by atoms with Gasteiger partial charge in [-0.25, -0.2) is 9.59 Å². The van der Waals surface area contributed by atoms with E-state index >= 15 is 0 Å². The van der Waals surface area contributed by atoms with Crippen molar-refractivity contribution in [2.24, 2.45) is 0 Å². The van der Waals surface area contributed by atoms with E-state index in [2.05, 4.69) is 22.8 Å². The smallest absolute Gasteiger partial charge is 0.407 e. The molecular weight excluding hydrogens is 494 g/mol. The standard InChI is InChI=1S/C31H35N3O5/c1-3-11-27(30(36)37)32-29(35)28(19-34(2)18-21-12-5-4-6-13-21)33-31(38)39-20-26-24-16-9-7-14-22(24)23-15-8-10-17-25(23)26/h4-10,12-17,26-28H,3,11,18-20H2,1-2H3,(H,32,35)(H,33,38)(H,36,37)/t27-,28?/m1/s1. The van der Waals surface area contributed by atoms with Crippen LogP contribution < -0.4 is 10.6 Å². The van der Waals surface area contributed by atoms with Crippen LogP contribution in [-0.2, 0) is 20.9 Å². The van der Waals surface area contributed by atoms with Gasteiger partial charge in [0.25, 0.3) is 0 Å². The van der Waals surface area contributed by atoms with Crippen molar-refractivity contribution in [1.82, 2.24) is 15.5 Å². The summed E-state index contributed by atoms with van der Waals surface area (Å²) in [6.45, 7) is 2.68. The highest BCUT2D eigenvalue weighted by Crippen LogP contribution is 2.44. The number of ether oxygens (including phenoxy) is 1. The lowest BCUT2D eigenvalue weighted by Crippen LogP contribution is -2.55. The minimum Gasteiger partial charge on any atom is -0.480 e. The van der Waals surface area contributed by atoms with E-state index in [4.69, 9.17) is 4.74 Å². The molecule has 8 nitrogen and oxygen atoms in total. The molecule has 0 bridgehead atoms. The summed E-state index contributed by atoms with van der Waals surface area (Å²) in [4.78, 5) is 39.7. The van der Waals surface area contributed by atoms with Crippen molar-refractivity contribution in [3.8, 4) is 11.1 Å². The summed E-state index contributed by atoms with van der Waals surface area (Å²) < 4.78 is 5.66. The second-order valence-electron chi connectivity index (χ2n) is 9.89. The van der Waals surface area contributed by atoms with Crippen LogP contribution in [-0.4, -0.2) is 60.3 Å². The van der Waals surface area contributed by atoms with Crippen molar-refractivity contribution in [2.45, 2.75) is 44.3 Å². The van der Waals surface area contributed by atoms with Crippen molar-refractivity contribution < 1.29 is 24.2 Å². The van der Waals surface area contributed by atoms with Crippen LogP contribution in [0.15, 0.2) is 78.9 Å². The number of fused-ring (bicyclic) bond motifs is 3. The third-order valence-electron chi connectivity index (χ3n) is 6.93.